The molecular weight excluding hydrogens is 540 g/mol. The molecule has 0 fully saturated rings. The lowest BCUT2D eigenvalue weighted by atomic mass is 10.0. The molecule has 8 heteroatoms. The summed E-state index contributed by atoms with van der Waals surface area (Å²) in [5.41, 5.74) is 6.66. The highest BCUT2D eigenvalue weighted by Gasteiger charge is 2.13. The molecule has 0 atom stereocenters. The number of halogens is 1. The van der Waals surface area contributed by atoms with Crippen molar-refractivity contribution in [2.24, 2.45) is 0 Å². The van der Waals surface area contributed by atoms with Crippen molar-refractivity contribution in [3.8, 4) is 17.3 Å². The number of hydrogen-bond acceptors (Lipinski definition) is 5. The molecule has 5 rings (SSSR count). The van der Waals surface area contributed by atoms with Gasteiger partial charge in [-0.15, -0.1) is 0 Å². The molecule has 186 valence electrons. The summed E-state index contributed by atoms with van der Waals surface area (Å²) in [6, 6.07) is 26.7. The van der Waals surface area contributed by atoms with Gasteiger partial charge >= 0.3 is 0 Å². The summed E-state index contributed by atoms with van der Waals surface area (Å²) in [4.78, 5) is 17.2. The Labute approximate surface area is 228 Å². The van der Waals surface area contributed by atoms with Crippen molar-refractivity contribution in [2.45, 2.75) is 13.1 Å². The normalized spacial score (nSPS) is 10.6. The quantitative estimate of drug-likeness (QED) is 0.234. The van der Waals surface area contributed by atoms with Gasteiger partial charge in [-0.2, -0.15) is 14.9 Å². The Hall–Kier alpha value is -4.74. The molecule has 3 aromatic carbocycles. The number of nitrogens with zero attached hydrogens (tertiary/aromatic N) is 4. The number of carbonyl (C=O) groups is 1. The molecule has 2 aromatic heterocycles. The molecule has 0 bridgehead atoms. The molecule has 0 radical (unpaired) electrons. The molecule has 0 aliphatic carbocycles. The Morgan fingerprint density at radius 2 is 1.74 bits per heavy atom. The molecule has 0 saturated carbocycles. The lowest BCUT2D eigenvalue weighted by Crippen LogP contribution is -2.22. The first-order chi connectivity index (χ1) is 18.6. The highest BCUT2D eigenvalue weighted by atomic mass is 79.9. The SMILES string of the molecule is C=Cc1ccccc1-c1cc(NCc2ccc(CNC(=O)c3ccc(C#N)cc3)cc2)n2ncc(Br)c2n1. The van der Waals surface area contributed by atoms with Crippen molar-refractivity contribution in [1.82, 2.24) is 19.9 Å². The van der Waals surface area contributed by atoms with E-state index in [-0.39, 0.29) is 5.91 Å². The predicted octanol–water partition coefficient (Wildman–Crippen LogP) is 6.22. The molecule has 0 aliphatic heterocycles. The molecule has 2 N–H and O–H groups in total. The smallest absolute Gasteiger partial charge is 0.251 e. The highest BCUT2D eigenvalue weighted by molar-refractivity contribution is 9.10. The number of benzene rings is 3. The summed E-state index contributed by atoms with van der Waals surface area (Å²) >= 11 is 3.56. The standard InChI is InChI=1S/C30H23BrN6O/c1-2-23-5-3-4-6-25(23)27-15-28(37-29(36-27)26(31)19-35-37)33-17-21-7-9-22(10-8-21)18-34-30(38)24-13-11-20(16-32)12-14-24/h2-15,19,33H,1,17-18H2,(H,34,38). The number of nitriles is 1. The van der Waals surface area contributed by atoms with Gasteiger partial charge in [-0.3, -0.25) is 4.79 Å². The van der Waals surface area contributed by atoms with Gasteiger partial charge in [0.15, 0.2) is 5.65 Å². The lowest BCUT2D eigenvalue weighted by molar-refractivity contribution is 0.0951. The highest BCUT2D eigenvalue weighted by Crippen LogP contribution is 2.28. The molecule has 0 saturated heterocycles. The minimum atomic E-state index is -0.179. The van der Waals surface area contributed by atoms with Gasteiger partial charge < -0.3 is 10.6 Å². The fourth-order valence-corrected chi connectivity index (χ4v) is 4.40. The third-order valence-electron chi connectivity index (χ3n) is 6.11. The number of nitrogens with one attached hydrogen (secondary N) is 2. The maximum atomic E-state index is 12.4. The van der Waals surface area contributed by atoms with Crippen LogP contribution in [0.1, 0.15) is 32.6 Å². The minimum absolute atomic E-state index is 0.179. The van der Waals surface area contributed by atoms with Crippen LogP contribution < -0.4 is 10.6 Å². The van der Waals surface area contributed by atoms with E-state index in [1.807, 2.05) is 60.7 Å². The van der Waals surface area contributed by atoms with E-state index in [1.54, 1.807) is 35.0 Å². The van der Waals surface area contributed by atoms with Gasteiger partial charge in [0.2, 0.25) is 0 Å². The van der Waals surface area contributed by atoms with Crippen molar-refractivity contribution < 1.29 is 4.79 Å². The molecule has 0 unspecified atom stereocenters. The van der Waals surface area contributed by atoms with Gasteiger partial charge in [-0.25, -0.2) is 4.98 Å². The molecule has 38 heavy (non-hydrogen) atoms. The van der Waals surface area contributed by atoms with Crippen LogP contribution in [0.5, 0.6) is 0 Å². The minimum Gasteiger partial charge on any atom is -0.366 e. The van der Waals surface area contributed by atoms with Crippen LogP contribution in [0.4, 0.5) is 5.82 Å². The molecular formula is C30H23BrN6O. The van der Waals surface area contributed by atoms with Crippen LogP contribution in [0.3, 0.4) is 0 Å². The predicted molar refractivity (Wildman–Crippen MR) is 152 cm³/mol. The van der Waals surface area contributed by atoms with E-state index >= 15 is 0 Å². The largest absolute Gasteiger partial charge is 0.366 e. The van der Waals surface area contributed by atoms with Crippen LogP contribution in [0.2, 0.25) is 0 Å². The van der Waals surface area contributed by atoms with Crippen LogP contribution in [0.25, 0.3) is 23.0 Å². The van der Waals surface area contributed by atoms with Crippen LogP contribution >= 0.6 is 15.9 Å². The summed E-state index contributed by atoms with van der Waals surface area (Å²) in [5, 5.41) is 19.8. The zero-order valence-corrected chi connectivity index (χ0v) is 21.9. The van der Waals surface area contributed by atoms with Crippen molar-refractivity contribution >= 4 is 39.4 Å². The maximum absolute atomic E-state index is 12.4. The number of amides is 1. The summed E-state index contributed by atoms with van der Waals surface area (Å²) in [7, 11) is 0. The monoisotopic (exact) mass is 562 g/mol. The van der Waals surface area contributed by atoms with E-state index in [4.69, 9.17) is 10.2 Å². The second-order valence-corrected chi connectivity index (χ2v) is 9.44. The first kappa shape index (κ1) is 24.9. The van der Waals surface area contributed by atoms with E-state index in [0.29, 0.717) is 24.2 Å². The van der Waals surface area contributed by atoms with Gasteiger partial charge in [-0.1, -0.05) is 61.2 Å². The molecule has 5 aromatic rings. The Kier molecular flexibility index (Phi) is 7.29. The summed E-state index contributed by atoms with van der Waals surface area (Å²) in [5.74, 6) is 0.634. The van der Waals surface area contributed by atoms with E-state index in [2.05, 4.69) is 44.3 Å². The first-order valence-corrected chi connectivity index (χ1v) is 12.7. The van der Waals surface area contributed by atoms with E-state index in [9.17, 15) is 4.79 Å². The first-order valence-electron chi connectivity index (χ1n) is 11.9. The maximum Gasteiger partial charge on any atom is 0.251 e. The molecule has 0 spiro atoms. The lowest BCUT2D eigenvalue weighted by Gasteiger charge is -2.13. The van der Waals surface area contributed by atoms with Gasteiger partial charge in [-0.05, 0) is 56.9 Å². The Morgan fingerprint density at radius 3 is 2.45 bits per heavy atom. The number of aromatic nitrogens is 3. The number of carbonyl (C=O) groups excluding carboxylic acids is 1. The van der Waals surface area contributed by atoms with Crippen LogP contribution in [0, 0.1) is 11.3 Å². The van der Waals surface area contributed by atoms with Gasteiger partial charge in [0.05, 0.1) is 28.0 Å². The number of hydrogen-bond donors (Lipinski definition) is 2. The zero-order valence-electron chi connectivity index (χ0n) is 20.4. The number of anilines is 1. The van der Waals surface area contributed by atoms with Crippen molar-refractivity contribution in [3.63, 3.8) is 0 Å². The summed E-state index contributed by atoms with van der Waals surface area (Å²) in [6.07, 6.45) is 3.56. The summed E-state index contributed by atoms with van der Waals surface area (Å²) < 4.78 is 2.59. The van der Waals surface area contributed by atoms with Crippen molar-refractivity contribution in [1.29, 1.82) is 5.26 Å². The van der Waals surface area contributed by atoms with Gasteiger partial charge in [0.1, 0.15) is 5.82 Å². The van der Waals surface area contributed by atoms with Crippen LogP contribution in [-0.4, -0.2) is 20.5 Å². The van der Waals surface area contributed by atoms with E-state index in [1.165, 1.54) is 0 Å². The Balaban J connectivity index is 1.28. The Bertz CT molecular complexity index is 1670. The molecule has 0 aliphatic rings. The zero-order chi connectivity index (χ0) is 26.5. The van der Waals surface area contributed by atoms with E-state index in [0.717, 1.165) is 43.9 Å². The third kappa shape index (κ3) is 5.33. The topological polar surface area (TPSA) is 95.1 Å². The number of rotatable bonds is 8. The summed E-state index contributed by atoms with van der Waals surface area (Å²) in [6.45, 7) is 4.92. The molecule has 1 amide bonds. The van der Waals surface area contributed by atoms with Crippen molar-refractivity contribution in [3.05, 3.63) is 124 Å². The fraction of sp³-hybridized carbons (Fsp3) is 0.0667. The molecule has 7 nitrogen and oxygen atoms in total. The average molecular weight is 563 g/mol. The average Bonchev–Trinajstić information content (AvgIpc) is 3.35. The number of fused-ring (bicyclic) bond motifs is 1. The van der Waals surface area contributed by atoms with Crippen molar-refractivity contribution in [2.75, 3.05) is 5.32 Å². The van der Waals surface area contributed by atoms with Crippen LogP contribution in [-0.2, 0) is 13.1 Å². The van der Waals surface area contributed by atoms with E-state index < -0.39 is 0 Å². The van der Waals surface area contributed by atoms with Gasteiger partial charge in [0, 0.05) is 30.3 Å². The molecule has 2 heterocycles. The second kappa shape index (κ2) is 11.1. The fourth-order valence-electron chi connectivity index (χ4n) is 4.06. The van der Waals surface area contributed by atoms with Crippen LogP contribution in [0.15, 0.2) is 96.1 Å². The third-order valence-corrected chi connectivity index (χ3v) is 6.67. The van der Waals surface area contributed by atoms with Gasteiger partial charge in [0.25, 0.3) is 5.91 Å². The Morgan fingerprint density at radius 1 is 1.03 bits per heavy atom. The second-order valence-electron chi connectivity index (χ2n) is 8.59.